The first-order valence-electron chi connectivity index (χ1n) is 7.30. The molecular weight excluding hydrogens is 361 g/mol. The van der Waals surface area contributed by atoms with E-state index in [0.717, 1.165) is 16.2 Å². The van der Waals surface area contributed by atoms with Crippen LogP contribution in [0.15, 0.2) is 54.6 Å². The summed E-state index contributed by atoms with van der Waals surface area (Å²) >= 11 is 5.84. The maximum Gasteiger partial charge on any atom is 0.289 e. The van der Waals surface area contributed by atoms with Crippen molar-refractivity contribution in [1.82, 2.24) is 0 Å². The van der Waals surface area contributed by atoms with Crippen LogP contribution < -0.4 is 14.9 Å². The molecule has 0 saturated heterocycles. The van der Waals surface area contributed by atoms with Gasteiger partial charge in [-0.25, -0.2) is 4.39 Å². The minimum atomic E-state index is -0.775. The molecule has 134 valence electrons. The molecule has 0 radical (unpaired) electrons. The lowest BCUT2D eigenvalue weighted by Crippen LogP contribution is -2.47. The van der Waals surface area contributed by atoms with Gasteiger partial charge in [0, 0.05) is 0 Å². The number of benzene rings is 2. The molecule has 0 aromatic heterocycles. The van der Waals surface area contributed by atoms with Gasteiger partial charge in [0.15, 0.2) is 0 Å². The Balaban J connectivity index is 2.64. The van der Waals surface area contributed by atoms with Crippen LogP contribution in [-0.2, 0) is 9.63 Å². The highest BCUT2D eigenvalue weighted by Crippen LogP contribution is 2.33. The molecule has 0 aliphatic heterocycles. The van der Waals surface area contributed by atoms with Crippen molar-refractivity contribution in [2.45, 2.75) is 0 Å². The summed E-state index contributed by atoms with van der Waals surface area (Å²) in [6.07, 6.45) is 0. The van der Waals surface area contributed by atoms with E-state index in [9.17, 15) is 9.18 Å². The summed E-state index contributed by atoms with van der Waals surface area (Å²) in [5.41, 5.74) is 0.199. The number of hydrogen-bond donors (Lipinski definition) is 0. The molecule has 0 aliphatic rings. The molecule has 0 spiro atoms. The molecule has 2 rings (SSSR count). The first-order valence-corrected chi connectivity index (χ1v) is 7.68. The number of ether oxygens (including phenoxy) is 1. The lowest BCUT2D eigenvalue weighted by Gasteiger charge is -2.34. The third kappa shape index (κ3) is 3.77. The second-order valence-corrected chi connectivity index (χ2v) is 5.34. The maximum absolute atomic E-state index is 13.5. The fraction of sp³-hybridized carbons (Fsp3) is 0.111. The molecule has 2 aromatic rings. The van der Waals surface area contributed by atoms with Crippen LogP contribution in [0.3, 0.4) is 0 Å². The number of para-hydroxylation sites is 2. The molecule has 0 unspecified atom stereocenters. The normalized spacial score (nSPS) is 9.96. The van der Waals surface area contributed by atoms with E-state index >= 15 is 0 Å². The number of rotatable bonds is 6. The highest BCUT2D eigenvalue weighted by molar-refractivity contribution is 6.31. The van der Waals surface area contributed by atoms with E-state index in [1.165, 1.54) is 26.4 Å². The number of nitriles is 1. The molecular formula is C18H15ClFN3O3. The van der Waals surface area contributed by atoms with E-state index in [0.29, 0.717) is 11.4 Å². The monoisotopic (exact) mass is 375 g/mol. The van der Waals surface area contributed by atoms with Crippen molar-refractivity contribution in [3.63, 3.8) is 0 Å². The summed E-state index contributed by atoms with van der Waals surface area (Å²) in [5.74, 6) is -1.02. The Morgan fingerprint density at radius 1 is 1.27 bits per heavy atom. The Hall–Kier alpha value is -3.08. The molecule has 6 nitrogen and oxygen atoms in total. The molecule has 0 bridgehead atoms. The number of nitrogens with zero attached hydrogens (tertiary/aromatic N) is 3. The zero-order valence-electron chi connectivity index (χ0n) is 14.1. The fourth-order valence-electron chi connectivity index (χ4n) is 2.17. The van der Waals surface area contributed by atoms with E-state index in [4.69, 9.17) is 26.4 Å². The number of methoxy groups -OCH3 is 1. The van der Waals surface area contributed by atoms with Crippen molar-refractivity contribution in [3.05, 3.63) is 65.5 Å². The van der Waals surface area contributed by atoms with Gasteiger partial charge in [0.25, 0.3) is 5.91 Å². The summed E-state index contributed by atoms with van der Waals surface area (Å²) < 4.78 is 18.8. The van der Waals surface area contributed by atoms with Crippen LogP contribution in [0.4, 0.5) is 15.8 Å². The van der Waals surface area contributed by atoms with Gasteiger partial charge in [0.1, 0.15) is 28.9 Å². The second kappa shape index (κ2) is 8.34. The van der Waals surface area contributed by atoms with Crippen LogP contribution in [0.5, 0.6) is 5.75 Å². The first kappa shape index (κ1) is 19.2. The van der Waals surface area contributed by atoms with Crippen molar-refractivity contribution >= 4 is 28.9 Å². The third-order valence-electron chi connectivity index (χ3n) is 3.38. The van der Waals surface area contributed by atoms with Gasteiger partial charge in [0.2, 0.25) is 0 Å². The average molecular weight is 376 g/mol. The van der Waals surface area contributed by atoms with E-state index in [1.807, 2.05) is 0 Å². The van der Waals surface area contributed by atoms with Gasteiger partial charge in [-0.05, 0) is 30.3 Å². The standard InChI is InChI=1S/C18H15ClFN3O3/c1-12(11-21)18(24)22(13-8-9-15(20)14(19)10-13)23(26-3)16-6-4-5-7-17(16)25-2/h4-10H,1H2,2-3H3. The predicted molar refractivity (Wildman–Crippen MR) is 96.1 cm³/mol. The largest absolute Gasteiger partial charge is 0.494 e. The zero-order valence-corrected chi connectivity index (χ0v) is 14.8. The fourth-order valence-corrected chi connectivity index (χ4v) is 2.35. The highest BCUT2D eigenvalue weighted by atomic mass is 35.5. The number of halogens is 2. The van der Waals surface area contributed by atoms with Crippen LogP contribution in [0.1, 0.15) is 0 Å². The van der Waals surface area contributed by atoms with E-state index in [1.54, 1.807) is 30.3 Å². The Bertz CT molecular complexity index is 882. The molecule has 8 heteroatoms. The number of hydrazine groups is 1. The van der Waals surface area contributed by atoms with Crippen LogP contribution in [0.25, 0.3) is 0 Å². The van der Waals surface area contributed by atoms with Gasteiger partial charge in [0.05, 0.1) is 24.9 Å². The number of carbonyl (C=O) groups excluding carboxylic acids is 1. The van der Waals surface area contributed by atoms with E-state index in [2.05, 4.69) is 6.58 Å². The topological polar surface area (TPSA) is 65.8 Å². The van der Waals surface area contributed by atoms with Gasteiger partial charge < -0.3 is 4.74 Å². The number of carbonyl (C=O) groups is 1. The molecule has 2 aromatic carbocycles. The van der Waals surface area contributed by atoms with Crippen LogP contribution in [0, 0.1) is 17.1 Å². The molecule has 0 heterocycles. The van der Waals surface area contributed by atoms with E-state index < -0.39 is 11.7 Å². The summed E-state index contributed by atoms with van der Waals surface area (Å²) in [6.45, 7) is 3.44. The molecule has 26 heavy (non-hydrogen) atoms. The van der Waals surface area contributed by atoms with Gasteiger partial charge in [-0.15, -0.1) is 5.17 Å². The van der Waals surface area contributed by atoms with E-state index in [-0.39, 0.29) is 16.3 Å². The van der Waals surface area contributed by atoms with Crippen molar-refractivity contribution in [2.24, 2.45) is 0 Å². The average Bonchev–Trinajstić information content (AvgIpc) is 2.67. The molecule has 0 saturated carbocycles. The number of anilines is 2. The SMILES string of the molecule is C=C(C#N)C(=O)N(c1ccc(F)c(Cl)c1)N(OC)c1ccccc1OC. The highest BCUT2D eigenvalue weighted by Gasteiger charge is 2.29. The quantitative estimate of drug-likeness (QED) is 0.435. The van der Waals surface area contributed by atoms with Gasteiger partial charge in [-0.1, -0.05) is 30.3 Å². The number of hydrogen-bond acceptors (Lipinski definition) is 5. The van der Waals surface area contributed by atoms with Crippen molar-refractivity contribution in [2.75, 3.05) is 24.4 Å². The van der Waals surface area contributed by atoms with Crippen molar-refractivity contribution < 1.29 is 18.8 Å². The summed E-state index contributed by atoms with van der Waals surface area (Å²) in [5, 5.41) is 11.0. The molecule has 0 atom stereocenters. The maximum atomic E-state index is 13.5. The molecule has 0 N–H and O–H groups in total. The van der Waals surface area contributed by atoms with Gasteiger partial charge in [-0.3, -0.25) is 9.63 Å². The molecule has 1 amide bonds. The van der Waals surface area contributed by atoms with Crippen molar-refractivity contribution in [1.29, 1.82) is 5.26 Å². The zero-order chi connectivity index (χ0) is 19.3. The van der Waals surface area contributed by atoms with Crippen LogP contribution >= 0.6 is 11.6 Å². The lowest BCUT2D eigenvalue weighted by molar-refractivity contribution is -0.116. The van der Waals surface area contributed by atoms with Crippen LogP contribution in [0.2, 0.25) is 5.02 Å². The van der Waals surface area contributed by atoms with Gasteiger partial charge in [-0.2, -0.15) is 10.3 Å². The second-order valence-electron chi connectivity index (χ2n) is 4.93. The number of amides is 1. The molecule has 0 fully saturated rings. The van der Waals surface area contributed by atoms with Gasteiger partial charge >= 0.3 is 0 Å². The minimum Gasteiger partial charge on any atom is -0.494 e. The minimum absolute atomic E-state index is 0.172. The third-order valence-corrected chi connectivity index (χ3v) is 3.67. The Morgan fingerprint density at radius 3 is 2.54 bits per heavy atom. The summed E-state index contributed by atoms with van der Waals surface area (Å²) in [4.78, 5) is 18.1. The lowest BCUT2D eigenvalue weighted by atomic mass is 10.2. The first-order chi connectivity index (χ1) is 12.4. The summed E-state index contributed by atoms with van der Waals surface area (Å²) in [7, 11) is 2.79. The van der Waals surface area contributed by atoms with Crippen molar-refractivity contribution in [3.8, 4) is 11.8 Å². The smallest absolute Gasteiger partial charge is 0.289 e. The Labute approximate surface area is 155 Å². The van der Waals surface area contributed by atoms with Crippen LogP contribution in [-0.4, -0.2) is 20.1 Å². The molecule has 0 aliphatic carbocycles. The predicted octanol–water partition coefficient (Wildman–Crippen LogP) is 3.88. The Morgan fingerprint density at radius 2 is 1.96 bits per heavy atom. The summed E-state index contributed by atoms with van der Waals surface area (Å²) in [6, 6.07) is 12.1. The Kier molecular flexibility index (Phi) is 6.17.